The number of rotatable bonds is 5. The summed E-state index contributed by atoms with van der Waals surface area (Å²) in [5.41, 5.74) is 1.25. The summed E-state index contributed by atoms with van der Waals surface area (Å²) >= 11 is 3.29. The molecule has 2 rings (SSSR count). The van der Waals surface area contributed by atoms with E-state index < -0.39 is 0 Å². The second kappa shape index (κ2) is 6.52. The van der Waals surface area contributed by atoms with Gasteiger partial charge >= 0.3 is 0 Å². The third kappa shape index (κ3) is 3.36. The molecule has 20 heavy (non-hydrogen) atoms. The number of hydrogen-bond donors (Lipinski definition) is 0. The Morgan fingerprint density at radius 3 is 2.70 bits per heavy atom. The van der Waals surface area contributed by atoms with Crippen molar-refractivity contribution in [2.75, 3.05) is 7.11 Å². The molecule has 0 aliphatic carbocycles. The monoisotopic (exact) mass is 338 g/mol. The number of carbonyl (C=O) groups excluding carboxylic acids is 1. The van der Waals surface area contributed by atoms with Crippen molar-refractivity contribution in [3.63, 3.8) is 0 Å². The molecule has 0 N–H and O–H groups in total. The van der Waals surface area contributed by atoms with Gasteiger partial charge < -0.3 is 9.47 Å². The van der Waals surface area contributed by atoms with Gasteiger partial charge in [0.1, 0.15) is 30.2 Å². The van der Waals surface area contributed by atoms with Crippen LogP contribution in [0.4, 0.5) is 4.39 Å². The predicted molar refractivity (Wildman–Crippen MR) is 76.8 cm³/mol. The van der Waals surface area contributed by atoms with Crippen LogP contribution in [-0.4, -0.2) is 13.4 Å². The van der Waals surface area contributed by atoms with Crippen molar-refractivity contribution in [2.24, 2.45) is 0 Å². The highest BCUT2D eigenvalue weighted by atomic mass is 79.9. The average molecular weight is 339 g/mol. The van der Waals surface area contributed by atoms with Gasteiger partial charge in [0.2, 0.25) is 0 Å². The van der Waals surface area contributed by atoms with Gasteiger partial charge in [-0.3, -0.25) is 4.79 Å². The van der Waals surface area contributed by atoms with Crippen molar-refractivity contribution in [3.05, 3.63) is 57.8 Å². The molecule has 0 heterocycles. The van der Waals surface area contributed by atoms with Gasteiger partial charge in [0.15, 0.2) is 0 Å². The van der Waals surface area contributed by atoms with Gasteiger partial charge in [-0.05, 0) is 46.3 Å². The number of methoxy groups -OCH3 is 1. The summed E-state index contributed by atoms with van der Waals surface area (Å²) in [6.45, 7) is 0.174. The average Bonchev–Trinajstić information content (AvgIpc) is 2.47. The fourth-order valence-corrected chi connectivity index (χ4v) is 2.09. The molecular formula is C15H12BrFO3. The SMILES string of the molecule is COc1ccc(C=O)cc1COc1cc(F)ccc1Br. The fraction of sp³-hybridized carbons (Fsp3) is 0.133. The Labute approximate surface area is 124 Å². The van der Waals surface area contributed by atoms with Crippen molar-refractivity contribution in [2.45, 2.75) is 6.61 Å². The Hall–Kier alpha value is -1.88. The number of halogens is 2. The third-order valence-corrected chi connectivity index (χ3v) is 3.37. The Kier molecular flexibility index (Phi) is 4.74. The van der Waals surface area contributed by atoms with Crippen LogP contribution in [0.3, 0.4) is 0 Å². The molecule has 2 aromatic rings. The molecule has 0 aliphatic rings. The van der Waals surface area contributed by atoms with E-state index in [0.717, 1.165) is 6.29 Å². The Bertz CT molecular complexity index is 629. The molecule has 0 atom stereocenters. The number of carbonyl (C=O) groups is 1. The third-order valence-electron chi connectivity index (χ3n) is 2.72. The minimum Gasteiger partial charge on any atom is -0.496 e. The molecule has 104 valence electrons. The zero-order chi connectivity index (χ0) is 14.5. The van der Waals surface area contributed by atoms with E-state index in [1.165, 1.54) is 19.2 Å². The largest absolute Gasteiger partial charge is 0.496 e. The first-order valence-electron chi connectivity index (χ1n) is 5.84. The molecule has 0 fully saturated rings. The molecule has 3 nitrogen and oxygen atoms in total. The summed E-state index contributed by atoms with van der Waals surface area (Å²) in [6.07, 6.45) is 0.751. The summed E-state index contributed by atoms with van der Waals surface area (Å²) < 4.78 is 24.6. The van der Waals surface area contributed by atoms with Gasteiger partial charge in [-0.2, -0.15) is 0 Å². The fourth-order valence-electron chi connectivity index (χ4n) is 1.73. The summed E-state index contributed by atoms with van der Waals surface area (Å²) in [4.78, 5) is 10.8. The highest BCUT2D eigenvalue weighted by molar-refractivity contribution is 9.10. The van der Waals surface area contributed by atoms with Crippen molar-refractivity contribution >= 4 is 22.2 Å². The van der Waals surface area contributed by atoms with Crippen LogP contribution in [0, 0.1) is 5.82 Å². The molecule has 2 aromatic carbocycles. The van der Waals surface area contributed by atoms with Gasteiger partial charge in [-0.15, -0.1) is 0 Å². The topological polar surface area (TPSA) is 35.5 Å². The Morgan fingerprint density at radius 2 is 2.00 bits per heavy atom. The van der Waals surface area contributed by atoms with Crippen LogP contribution in [0.2, 0.25) is 0 Å². The van der Waals surface area contributed by atoms with Crippen LogP contribution in [0.25, 0.3) is 0 Å². The molecule has 0 bridgehead atoms. The van der Waals surface area contributed by atoms with Crippen LogP contribution in [0.5, 0.6) is 11.5 Å². The number of aldehydes is 1. The zero-order valence-corrected chi connectivity index (χ0v) is 12.3. The van der Waals surface area contributed by atoms with E-state index in [2.05, 4.69) is 15.9 Å². The molecule has 0 aromatic heterocycles. The lowest BCUT2D eigenvalue weighted by molar-refractivity contribution is 0.112. The van der Waals surface area contributed by atoms with Crippen LogP contribution >= 0.6 is 15.9 Å². The quantitative estimate of drug-likeness (QED) is 0.773. The number of ether oxygens (including phenoxy) is 2. The number of benzene rings is 2. The second-order valence-corrected chi connectivity index (χ2v) is 4.91. The molecule has 0 spiro atoms. The Morgan fingerprint density at radius 1 is 1.20 bits per heavy atom. The highest BCUT2D eigenvalue weighted by Gasteiger charge is 2.08. The maximum absolute atomic E-state index is 13.2. The van der Waals surface area contributed by atoms with E-state index in [1.54, 1.807) is 24.3 Å². The standard InChI is InChI=1S/C15H12BrFO3/c1-19-14-5-2-10(8-18)6-11(14)9-20-15-7-12(17)3-4-13(15)16/h2-8H,9H2,1H3. The minimum absolute atomic E-state index is 0.174. The summed E-state index contributed by atoms with van der Waals surface area (Å²) in [7, 11) is 1.54. The van der Waals surface area contributed by atoms with Crippen LogP contribution in [-0.2, 0) is 6.61 Å². The first-order valence-corrected chi connectivity index (χ1v) is 6.63. The maximum atomic E-state index is 13.2. The van der Waals surface area contributed by atoms with Gasteiger partial charge in [-0.25, -0.2) is 4.39 Å². The summed E-state index contributed by atoms with van der Waals surface area (Å²) in [5.74, 6) is 0.628. The zero-order valence-electron chi connectivity index (χ0n) is 10.7. The van der Waals surface area contributed by atoms with E-state index in [9.17, 15) is 9.18 Å². The lowest BCUT2D eigenvalue weighted by atomic mass is 10.1. The molecular weight excluding hydrogens is 327 g/mol. The first kappa shape index (κ1) is 14.5. The van der Waals surface area contributed by atoms with Crippen molar-refractivity contribution in [1.29, 1.82) is 0 Å². The van der Waals surface area contributed by atoms with Gasteiger partial charge in [0.05, 0.1) is 11.6 Å². The van der Waals surface area contributed by atoms with Crippen molar-refractivity contribution in [1.82, 2.24) is 0 Å². The summed E-state index contributed by atoms with van der Waals surface area (Å²) in [5, 5.41) is 0. The van der Waals surface area contributed by atoms with Gasteiger partial charge in [0.25, 0.3) is 0 Å². The van der Waals surface area contributed by atoms with Crippen molar-refractivity contribution in [3.8, 4) is 11.5 Å². The van der Waals surface area contributed by atoms with E-state index in [0.29, 0.717) is 27.1 Å². The molecule has 0 saturated heterocycles. The van der Waals surface area contributed by atoms with Crippen molar-refractivity contribution < 1.29 is 18.7 Å². The molecule has 0 unspecified atom stereocenters. The van der Waals surface area contributed by atoms with Crippen LogP contribution in [0.1, 0.15) is 15.9 Å². The van der Waals surface area contributed by atoms with E-state index >= 15 is 0 Å². The normalized spacial score (nSPS) is 10.2. The minimum atomic E-state index is -0.378. The first-order chi connectivity index (χ1) is 9.63. The summed E-state index contributed by atoms with van der Waals surface area (Å²) in [6, 6.07) is 9.24. The second-order valence-electron chi connectivity index (χ2n) is 4.05. The van der Waals surface area contributed by atoms with Crippen LogP contribution in [0.15, 0.2) is 40.9 Å². The van der Waals surface area contributed by atoms with E-state index in [1.807, 2.05) is 0 Å². The molecule has 0 radical (unpaired) electrons. The molecule has 5 heteroatoms. The lowest BCUT2D eigenvalue weighted by Gasteiger charge is -2.12. The highest BCUT2D eigenvalue weighted by Crippen LogP contribution is 2.28. The van der Waals surface area contributed by atoms with Crippen LogP contribution < -0.4 is 9.47 Å². The predicted octanol–water partition coefficient (Wildman–Crippen LogP) is 3.99. The smallest absolute Gasteiger partial charge is 0.150 e. The van der Waals surface area contributed by atoms with Gasteiger partial charge in [-0.1, -0.05) is 0 Å². The maximum Gasteiger partial charge on any atom is 0.150 e. The lowest BCUT2D eigenvalue weighted by Crippen LogP contribution is -2.00. The number of hydrogen-bond acceptors (Lipinski definition) is 3. The molecule has 0 saturated carbocycles. The Balaban J connectivity index is 2.21. The van der Waals surface area contributed by atoms with E-state index in [4.69, 9.17) is 9.47 Å². The molecule has 0 aliphatic heterocycles. The van der Waals surface area contributed by atoms with E-state index in [-0.39, 0.29) is 12.4 Å². The molecule has 0 amide bonds. The van der Waals surface area contributed by atoms with Gasteiger partial charge in [0, 0.05) is 17.2 Å².